The third kappa shape index (κ3) is 2.48. The van der Waals surface area contributed by atoms with Crippen molar-refractivity contribution in [3.05, 3.63) is 29.1 Å². The molecule has 0 radical (unpaired) electrons. The van der Waals surface area contributed by atoms with E-state index in [0.717, 1.165) is 25.1 Å². The zero-order chi connectivity index (χ0) is 14.2. The van der Waals surface area contributed by atoms with Crippen molar-refractivity contribution in [2.45, 2.75) is 58.5 Å². The molecule has 1 atom stereocenters. The molecule has 0 bridgehead atoms. The molecule has 1 aromatic carbocycles. The lowest BCUT2D eigenvalue weighted by molar-refractivity contribution is 0.375. The van der Waals surface area contributed by atoms with Gasteiger partial charge in [0.05, 0.1) is 0 Å². The molecule has 1 unspecified atom stereocenters. The smallest absolute Gasteiger partial charge is 0.129 e. The van der Waals surface area contributed by atoms with Crippen LogP contribution in [-0.4, -0.2) is 12.1 Å². The van der Waals surface area contributed by atoms with Crippen LogP contribution in [0.2, 0.25) is 0 Å². The highest BCUT2D eigenvalue weighted by molar-refractivity contribution is 5.61. The Hall–Kier alpha value is -1.09. The van der Waals surface area contributed by atoms with E-state index in [-0.39, 0.29) is 17.9 Å². The van der Waals surface area contributed by atoms with Gasteiger partial charge in [0.25, 0.3) is 0 Å². The summed E-state index contributed by atoms with van der Waals surface area (Å²) in [7, 11) is 0. The molecule has 0 aliphatic carbocycles. The Morgan fingerprint density at radius 3 is 2.68 bits per heavy atom. The number of nitrogens with zero attached hydrogens (tertiary/aromatic N) is 1. The van der Waals surface area contributed by atoms with Crippen LogP contribution in [0.5, 0.6) is 0 Å². The summed E-state index contributed by atoms with van der Waals surface area (Å²) in [6, 6.07) is 3.65. The predicted octanol–water partition coefficient (Wildman–Crippen LogP) is 3.79. The summed E-state index contributed by atoms with van der Waals surface area (Å²) in [6.07, 6.45) is 2.16. The molecule has 1 heterocycles. The van der Waals surface area contributed by atoms with E-state index in [0.29, 0.717) is 11.5 Å². The Kier molecular flexibility index (Phi) is 3.86. The molecule has 1 aliphatic heterocycles. The van der Waals surface area contributed by atoms with Gasteiger partial charge in [-0.1, -0.05) is 13.8 Å². The zero-order valence-corrected chi connectivity index (χ0v) is 12.5. The fourth-order valence-electron chi connectivity index (χ4n) is 3.35. The maximum absolute atomic E-state index is 14.1. The summed E-state index contributed by atoms with van der Waals surface area (Å²) < 4.78 is 14.1. The molecule has 2 nitrogen and oxygen atoms in total. The molecule has 0 saturated heterocycles. The van der Waals surface area contributed by atoms with Crippen LogP contribution in [0, 0.1) is 5.82 Å². The van der Waals surface area contributed by atoms with Crippen molar-refractivity contribution in [1.29, 1.82) is 0 Å². The van der Waals surface area contributed by atoms with Crippen molar-refractivity contribution in [2.24, 2.45) is 5.73 Å². The van der Waals surface area contributed by atoms with Crippen molar-refractivity contribution in [2.75, 3.05) is 11.4 Å². The Morgan fingerprint density at radius 2 is 2.11 bits per heavy atom. The van der Waals surface area contributed by atoms with Crippen LogP contribution in [0.1, 0.15) is 57.6 Å². The number of rotatable bonds is 3. The first-order valence-corrected chi connectivity index (χ1v) is 7.20. The minimum absolute atomic E-state index is 0.0824. The van der Waals surface area contributed by atoms with Crippen LogP contribution < -0.4 is 10.6 Å². The fraction of sp³-hybridized carbons (Fsp3) is 0.625. The number of hydrogen-bond acceptors (Lipinski definition) is 2. The van der Waals surface area contributed by atoms with E-state index in [1.807, 2.05) is 6.07 Å². The molecule has 0 spiro atoms. The molecule has 0 aromatic heterocycles. The second kappa shape index (κ2) is 5.12. The van der Waals surface area contributed by atoms with Crippen LogP contribution >= 0.6 is 0 Å². The molecule has 106 valence electrons. The third-order valence-electron chi connectivity index (χ3n) is 4.22. The van der Waals surface area contributed by atoms with Gasteiger partial charge < -0.3 is 10.6 Å². The monoisotopic (exact) mass is 264 g/mol. The van der Waals surface area contributed by atoms with Gasteiger partial charge in [-0.25, -0.2) is 4.39 Å². The molecule has 2 rings (SSSR count). The van der Waals surface area contributed by atoms with E-state index in [2.05, 4.69) is 32.6 Å². The fourth-order valence-corrected chi connectivity index (χ4v) is 3.35. The summed E-state index contributed by atoms with van der Waals surface area (Å²) in [5, 5.41) is 0. The van der Waals surface area contributed by atoms with Crippen molar-refractivity contribution in [3.8, 4) is 0 Å². The van der Waals surface area contributed by atoms with Crippen LogP contribution in [0.4, 0.5) is 10.1 Å². The van der Waals surface area contributed by atoms with Gasteiger partial charge in [-0.2, -0.15) is 0 Å². The Morgan fingerprint density at radius 1 is 1.42 bits per heavy atom. The number of nitrogens with two attached hydrogens (primary N) is 1. The van der Waals surface area contributed by atoms with Gasteiger partial charge in [0.2, 0.25) is 0 Å². The molecule has 1 aliphatic rings. The first-order chi connectivity index (χ1) is 8.90. The van der Waals surface area contributed by atoms with E-state index in [9.17, 15) is 4.39 Å². The quantitative estimate of drug-likeness (QED) is 0.900. The normalized spacial score (nSPS) is 21.4. The Bertz CT molecular complexity index is 468. The lowest BCUT2D eigenvalue weighted by Gasteiger charge is -2.47. The standard InChI is InChI=1S/C16H25FN2/c1-5-6-19-15-8-14(17)12(10-18)7-13(15)11(2)9-16(19,3)4/h7-8,11H,5-6,9-10,18H2,1-4H3. The summed E-state index contributed by atoms with van der Waals surface area (Å²) in [5.74, 6) is 0.274. The number of anilines is 1. The average Bonchev–Trinajstić information content (AvgIpc) is 2.33. The van der Waals surface area contributed by atoms with Crippen molar-refractivity contribution >= 4 is 5.69 Å². The minimum atomic E-state index is -0.174. The maximum Gasteiger partial charge on any atom is 0.129 e. The van der Waals surface area contributed by atoms with Gasteiger partial charge in [-0.05, 0) is 50.3 Å². The van der Waals surface area contributed by atoms with Gasteiger partial charge in [0.1, 0.15) is 5.82 Å². The second-order valence-electron chi connectivity index (χ2n) is 6.28. The first kappa shape index (κ1) is 14.3. The highest BCUT2D eigenvalue weighted by Gasteiger charge is 2.36. The molecule has 0 amide bonds. The second-order valence-corrected chi connectivity index (χ2v) is 6.28. The summed E-state index contributed by atoms with van der Waals surface area (Å²) in [4.78, 5) is 2.35. The van der Waals surface area contributed by atoms with Crippen molar-refractivity contribution in [1.82, 2.24) is 0 Å². The topological polar surface area (TPSA) is 29.3 Å². The number of halogens is 1. The number of fused-ring (bicyclic) bond motifs is 1. The molecule has 3 heteroatoms. The van der Waals surface area contributed by atoms with Gasteiger partial charge in [-0.15, -0.1) is 0 Å². The lowest BCUT2D eigenvalue weighted by atomic mass is 9.79. The number of benzene rings is 1. The van der Waals surface area contributed by atoms with Gasteiger partial charge in [0, 0.05) is 29.9 Å². The first-order valence-electron chi connectivity index (χ1n) is 7.20. The largest absolute Gasteiger partial charge is 0.366 e. The summed E-state index contributed by atoms with van der Waals surface area (Å²) in [5.41, 5.74) is 8.63. The van der Waals surface area contributed by atoms with Crippen molar-refractivity contribution in [3.63, 3.8) is 0 Å². The lowest BCUT2D eigenvalue weighted by Crippen LogP contribution is -2.48. The predicted molar refractivity (Wildman–Crippen MR) is 79.0 cm³/mol. The van der Waals surface area contributed by atoms with Crippen LogP contribution in [0.15, 0.2) is 12.1 Å². The molecule has 0 saturated carbocycles. The molecular weight excluding hydrogens is 239 g/mol. The average molecular weight is 264 g/mol. The van der Waals surface area contributed by atoms with Gasteiger partial charge in [0.15, 0.2) is 0 Å². The van der Waals surface area contributed by atoms with Crippen LogP contribution in [0.25, 0.3) is 0 Å². The Labute approximate surface area is 115 Å². The molecule has 0 fully saturated rings. The van der Waals surface area contributed by atoms with E-state index in [4.69, 9.17) is 5.73 Å². The van der Waals surface area contributed by atoms with E-state index < -0.39 is 0 Å². The highest BCUT2D eigenvalue weighted by atomic mass is 19.1. The van der Waals surface area contributed by atoms with Crippen LogP contribution in [-0.2, 0) is 6.54 Å². The molecular formula is C16H25FN2. The van der Waals surface area contributed by atoms with Crippen molar-refractivity contribution < 1.29 is 4.39 Å². The number of hydrogen-bond donors (Lipinski definition) is 1. The zero-order valence-electron chi connectivity index (χ0n) is 12.5. The van der Waals surface area contributed by atoms with Gasteiger partial charge in [-0.3, -0.25) is 0 Å². The summed E-state index contributed by atoms with van der Waals surface area (Å²) in [6.45, 7) is 10.1. The highest BCUT2D eigenvalue weighted by Crippen LogP contribution is 2.44. The maximum atomic E-state index is 14.1. The minimum Gasteiger partial charge on any atom is -0.366 e. The molecule has 19 heavy (non-hydrogen) atoms. The summed E-state index contributed by atoms with van der Waals surface area (Å²) >= 11 is 0. The van der Waals surface area contributed by atoms with Gasteiger partial charge >= 0.3 is 0 Å². The van der Waals surface area contributed by atoms with E-state index >= 15 is 0 Å². The van der Waals surface area contributed by atoms with E-state index in [1.54, 1.807) is 6.07 Å². The molecule has 2 N–H and O–H groups in total. The van der Waals surface area contributed by atoms with E-state index in [1.165, 1.54) is 5.56 Å². The Balaban J connectivity index is 2.55. The third-order valence-corrected chi connectivity index (χ3v) is 4.22. The van der Waals surface area contributed by atoms with Crippen LogP contribution in [0.3, 0.4) is 0 Å². The molecule has 1 aromatic rings. The SMILES string of the molecule is CCCN1c2cc(F)c(CN)cc2C(C)CC1(C)C.